The summed E-state index contributed by atoms with van der Waals surface area (Å²) in [6, 6.07) is 7.06. The van der Waals surface area contributed by atoms with Gasteiger partial charge in [-0.1, -0.05) is 42.9 Å². The SMILES string of the molecule is Cc1cccc(C(=O)Nc2nnc(S(=O)(=O)NCC(C)C)s2)c1. The van der Waals surface area contributed by atoms with Crippen LogP contribution in [0.5, 0.6) is 0 Å². The van der Waals surface area contributed by atoms with Crippen molar-refractivity contribution in [1.29, 1.82) is 0 Å². The fraction of sp³-hybridized carbons (Fsp3) is 0.357. The Morgan fingerprint density at radius 1 is 1.30 bits per heavy atom. The predicted octanol–water partition coefficient (Wildman–Crippen LogP) is 2.03. The zero-order chi connectivity index (χ0) is 17.0. The molecule has 0 atom stereocenters. The minimum Gasteiger partial charge on any atom is -0.296 e. The van der Waals surface area contributed by atoms with Gasteiger partial charge >= 0.3 is 0 Å². The quantitative estimate of drug-likeness (QED) is 0.773. The normalized spacial score (nSPS) is 11.7. The Labute approximate surface area is 139 Å². The lowest BCUT2D eigenvalue weighted by atomic mass is 10.1. The molecule has 7 nitrogen and oxygen atoms in total. The zero-order valence-electron chi connectivity index (χ0n) is 13.0. The van der Waals surface area contributed by atoms with Gasteiger partial charge in [0.25, 0.3) is 15.9 Å². The second kappa shape index (κ2) is 7.16. The molecular formula is C14H18N4O3S2. The third-order valence-corrected chi connectivity index (χ3v) is 5.45. The van der Waals surface area contributed by atoms with Crippen molar-refractivity contribution >= 4 is 32.4 Å². The maximum absolute atomic E-state index is 12.1. The number of sulfonamides is 1. The number of benzene rings is 1. The highest BCUT2D eigenvalue weighted by Gasteiger charge is 2.21. The number of aryl methyl sites for hydroxylation is 1. The van der Waals surface area contributed by atoms with Crippen LogP contribution in [0.4, 0.5) is 5.13 Å². The predicted molar refractivity (Wildman–Crippen MR) is 89.1 cm³/mol. The van der Waals surface area contributed by atoms with Crippen LogP contribution in [0.2, 0.25) is 0 Å². The van der Waals surface area contributed by atoms with E-state index in [1.165, 1.54) is 0 Å². The average Bonchev–Trinajstić information content (AvgIpc) is 2.94. The zero-order valence-corrected chi connectivity index (χ0v) is 14.7. The minimum atomic E-state index is -3.70. The second-order valence-electron chi connectivity index (χ2n) is 5.44. The number of amides is 1. The number of aromatic nitrogens is 2. The number of nitrogens with zero attached hydrogens (tertiary/aromatic N) is 2. The lowest BCUT2D eigenvalue weighted by molar-refractivity contribution is 0.102. The fourth-order valence-corrected chi connectivity index (χ4v) is 3.81. The van der Waals surface area contributed by atoms with Crippen LogP contribution < -0.4 is 10.0 Å². The standard InChI is InChI=1S/C14H18N4O3S2/c1-9(2)8-15-23(20,21)14-18-17-13(22-14)16-12(19)11-6-4-5-10(3)7-11/h4-7,9,15H,8H2,1-3H3,(H,16,17,19). The lowest BCUT2D eigenvalue weighted by Gasteiger charge is -2.05. The highest BCUT2D eigenvalue weighted by molar-refractivity contribution is 7.91. The summed E-state index contributed by atoms with van der Waals surface area (Å²) in [5.74, 6) is -0.179. The number of rotatable bonds is 6. The Bertz CT molecular complexity index is 800. The van der Waals surface area contributed by atoms with Gasteiger partial charge in [-0.25, -0.2) is 13.1 Å². The molecule has 0 radical (unpaired) electrons. The summed E-state index contributed by atoms with van der Waals surface area (Å²) in [5, 5.41) is 10.0. The molecule has 1 aromatic carbocycles. The molecule has 2 rings (SSSR count). The maximum atomic E-state index is 12.1. The molecule has 0 aliphatic heterocycles. The molecule has 1 aromatic heterocycles. The van der Waals surface area contributed by atoms with Crippen molar-refractivity contribution in [3.63, 3.8) is 0 Å². The summed E-state index contributed by atoms with van der Waals surface area (Å²) >= 11 is 0.814. The molecule has 1 amide bonds. The van der Waals surface area contributed by atoms with E-state index >= 15 is 0 Å². The molecule has 124 valence electrons. The van der Waals surface area contributed by atoms with Gasteiger partial charge < -0.3 is 0 Å². The second-order valence-corrected chi connectivity index (χ2v) is 8.36. The van der Waals surface area contributed by atoms with Crippen LogP contribution in [0.25, 0.3) is 0 Å². The number of nitrogens with one attached hydrogen (secondary N) is 2. The molecule has 0 aliphatic rings. The van der Waals surface area contributed by atoms with E-state index in [1.807, 2.05) is 26.8 Å². The molecule has 1 heterocycles. The van der Waals surface area contributed by atoms with Gasteiger partial charge in [-0.3, -0.25) is 10.1 Å². The number of carbonyl (C=O) groups is 1. The van der Waals surface area contributed by atoms with Gasteiger partial charge in [0.15, 0.2) is 0 Å². The Kier molecular flexibility index (Phi) is 5.45. The number of hydrogen-bond acceptors (Lipinski definition) is 6. The van der Waals surface area contributed by atoms with Crippen LogP contribution in [-0.2, 0) is 10.0 Å². The molecule has 2 aromatic rings. The van der Waals surface area contributed by atoms with E-state index in [0.29, 0.717) is 12.1 Å². The Morgan fingerprint density at radius 2 is 2.04 bits per heavy atom. The Balaban J connectivity index is 2.09. The molecule has 0 saturated carbocycles. The average molecular weight is 354 g/mol. The van der Waals surface area contributed by atoms with E-state index in [1.54, 1.807) is 18.2 Å². The van der Waals surface area contributed by atoms with Gasteiger partial charge in [-0.2, -0.15) is 0 Å². The van der Waals surface area contributed by atoms with E-state index < -0.39 is 10.0 Å². The first-order valence-electron chi connectivity index (χ1n) is 6.99. The number of anilines is 1. The Hall–Kier alpha value is -1.84. The third-order valence-electron chi connectivity index (χ3n) is 2.82. The molecule has 0 aliphatic carbocycles. The first-order valence-corrected chi connectivity index (χ1v) is 9.29. The molecular weight excluding hydrogens is 336 g/mol. The maximum Gasteiger partial charge on any atom is 0.269 e. The monoisotopic (exact) mass is 354 g/mol. The van der Waals surface area contributed by atoms with Crippen LogP contribution in [0.3, 0.4) is 0 Å². The summed E-state index contributed by atoms with van der Waals surface area (Å²) in [4.78, 5) is 12.1. The van der Waals surface area contributed by atoms with Crippen molar-refractivity contribution < 1.29 is 13.2 Å². The van der Waals surface area contributed by atoms with Gasteiger partial charge in [0.1, 0.15) is 0 Å². The molecule has 23 heavy (non-hydrogen) atoms. The first-order chi connectivity index (χ1) is 10.8. The van der Waals surface area contributed by atoms with Crippen LogP contribution in [0.15, 0.2) is 28.6 Å². The van der Waals surface area contributed by atoms with Crippen LogP contribution >= 0.6 is 11.3 Å². The Morgan fingerprint density at radius 3 is 2.70 bits per heavy atom. The molecule has 0 unspecified atom stereocenters. The number of hydrogen-bond donors (Lipinski definition) is 2. The van der Waals surface area contributed by atoms with E-state index in [2.05, 4.69) is 20.2 Å². The largest absolute Gasteiger partial charge is 0.296 e. The van der Waals surface area contributed by atoms with E-state index in [9.17, 15) is 13.2 Å². The van der Waals surface area contributed by atoms with Crippen molar-refractivity contribution in [2.75, 3.05) is 11.9 Å². The summed E-state index contributed by atoms with van der Waals surface area (Å²) in [5.41, 5.74) is 1.43. The lowest BCUT2D eigenvalue weighted by Crippen LogP contribution is -2.27. The van der Waals surface area contributed by atoms with Gasteiger partial charge in [-0.15, -0.1) is 10.2 Å². The van der Waals surface area contributed by atoms with Crippen molar-refractivity contribution in [2.24, 2.45) is 5.92 Å². The summed E-state index contributed by atoms with van der Waals surface area (Å²) < 4.78 is 26.3. The molecule has 0 saturated heterocycles. The van der Waals surface area contributed by atoms with Crippen molar-refractivity contribution in [3.05, 3.63) is 35.4 Å². The van der Waals surface area contributed by atoms with Crippen LogP contribution in [0.1, 0.15) is 29.8 Å². The van der Waals surface area contributed by atoms with Crippen LogP contribution in [-0.4, -0.2) is 31.1 Å². The van der Waals surface area contributed by atoms with Gasteiger partial charge in [0, 0.05) is 12.1 Å². The van der Waals surface area contributed by atoms with Gasteiger partial charge in [0.2, 0.25) is 9.47 Å². The fourth-order valence-electron chi connectivity index (χ4n) is 1.66. The molecule has 0 bridgehead atoms. The molecule has 0 fully saturated rings. The van der Waals surface area contributed by atoms with Gasteiger partial charge in [0.05, 0.1) is 0 Å². The molecule has 2 N–H and O–H groups in total. The highest BCUT2D eigenvalue weighted by atomic mass is 32.2. The van der Waals surface area contributed by atoms with Crippen LogP contribution in [0, 0.1) is 12.8 Å². The van der Waals surface area contributed by atoms with E-state index in [4.69, 9.17) is 0 Å². The molecule has 0 spiro atoms. The first kappa shape index (κ1) is 17.5. The summed E-state index contributed by atoms with van der Waals surface area (Å²) in [6.07, 6.45) is 0. The minimum absolute atomic E-state index is 0.140. The smallest absolute Gasteiger partial charge is 0.269 e. The van der Waals surface area contributed by atoms with E-state index in [-0.39, 0.29) is 21.3 Å². The van der Waals surface area contributed by atoms with Crippen molar-refractivity contribution in [2.45, 2.75) is 25.1 Å². The molecule has 9 heteroatoms. The van der Waals surface area contributed by atoms with Gasteiger partial charge in [-0.05, 0) is 25.0 Å². The van der Waals surface area contributed by atoms with Crippen molar-refractivity contribution in [1.82, 2.24) is 14.9 Å². The number of carbonyl (C=O) groups excluding carboxylic acids is 1. The third kappa shape index (κ3) is 4.81. The van der Waals surface area contributed by atoms with E-state index in [0.717, 1.165) is 16.9 Å². The summed E-state index contributed by atoms with van der Waals surface area (Å²) in [6.45, 7) is 5.99. The summed E-state index contributed by atoms with van der Waals surface area (Å²) in [7, 11) is -3.70. The van der Waals surface area contributed by atoms with Crippen molar-refractivity contribution in [3.8, 4) is 0 Å². The highest BCUT2D eigenvalue weighted by Crippen LogP contribution is 2.20. The topological polar surface area (TPSA) is 101 Å².